The average molecular weight is 233 g/mol. The predicted molar refractivity (Wildman–Crippen MR) is 73.1 cm³/mol. The Morgan fingerprint density at radius 2 is 1.82 bits per heavy atom. The summed E-state index contributed by atoms with van der Waals surface area (Å²) in [5.74, 6) is 0.104. The zero-order valence-corrected chi connectivity index (χ0v) is 11.3. The lowest BCUT2D eigenvalue weighted by atomic mass is 9.84. The highest BCUT2D eigenvalue weighted by Crippen LogP contribution is 2.27. The van der Waals surface area contributed by atoms with Crippen LogP contribution in [0.4, 0.5) is 5.69 Å². The molecule has 0 spiro atoms. The smallest absolute Gasteiger partial charge is 0.224 e. The molecule has 0 unspecified atom stereocenters. The number of nitrogens with one attached hydrogen (secondary N) is 1. The van der Waals surface area contributed by atoms with Crippen molar-refractivity contribution in [3.05, 3.63) is 29.8 Å². The van der Waals surface area contributed by atoms with Crippen LogP contribution in [-0.4, -0.2) is 5.91 Å². The molecule has 0 bridgehead atoms. The molecule has 1 rings (SSSR count). The van der Waals surface area contributed by atoms with Crippen LogP contribution in [0.15, 0.2) is 24.3 Å². The molecule has 1 aromatic carbocycles. The Hall–Kier alpha value is -1.31. The third kappa shape index (κ3) is 5.03. The first-order valence-electron chi connectivity index (χ1n) is 6.29. The molecule has 1 aromatic rings. The molecule has 0 saturated carbocycles. The van der Waals surface area contributed by atoms with E-state index in [1.807, 2.05) is 31.2 Å². The Morgan fingerprint density at radius 1 is 1.24 bits per heavy atom. The van der Waals surface area contributed by atoms with Crippen molar-refractivity contribution in [3.63, 3.8) is 0 Å². The molecule has 1 amide bonds. The highest BCUT2D eigenvalue weighted by molar-refractivity contribution is 5.91. The van der Waals surface area contributed by atoms with Crippen LogP contribution < -0.4 is 5.32 Å². The second-order valence-electron chi connectivity index (χ2n) is 5.51. The molecule has 2 nitrogen and oxygen atoms in total. The zero-order valence-electron chi connectivity index (χ0n) is 11.3. The van der Waals surface area contributed by atoms with Gasteiger partial charge in [-0.3, -0.25) is 4.79 Å². The van der Waals surface area contributed by atoms with E-state index in [0.29, 0.717) is 6.42 Å². The van der Waals surface area contributed by atoms with E-state index in [-0.39, 0.29) is 11.3 Å². The molecule has 0 atom stereocenters. The molecule has 1 N–H and O–H groups in total. The Bertz CT molecular complexity index is 365. The first-order valence-corrected chi connectivity index (χ1v) is 6.29. The van der Waals surface area contributed by atoms with Crippen molar-refractivity contribution >= 4 is 11.6 Å². The van der Waals surface area contributed by atoms with Gasteiger partial charge in [0.1, 0.15) is 0 Å². The molecule has 0 aromatic heterocycles. The van der Waals surface area contributed by atoms with Crippen molar-refractivity contribution in [2.45, 2.75) is 47.0 Å². The molecule has 0 fully saturated rings. The molecule has 0 radical (unpaired) electrons. The van der Waals surface area contributed by atoms with Crippen molar-refractivity contribution in [3.8, 4) is 0 Å². The fourth-order valence-corrected chi connectivity index (χ4v) is 2.04. The van der Waals surface area contributed by atoms with Gasteiger partial charge in [-0.05, 0) is 30.9 Å². The summed E-state index contributed by atoms with van der Waals surface area (Å²) >= 11 is 0. The van der Waals surface area contributed by atoms with E-state index in [9.17, 15) is 4.79 Å². The minimum absolute atomic E-state index is 0.0868. The van der Waals surface area contributed by atoms with Crippen LogP contribution in [0.1, 0.15) is 45.6 Å². The Kier molecular flexibility index (Phi) is 4.73. The molecule has 0 heterocycles. The van der Waals surface area contributed by atoms with E-state index in [1.54, 1.807) is 0 Å². The van der Waals surface area contributed by atoms with Crippen LogP contribution in [-0.2, 0) is 4.79 Å². The van der Waals surface area contributed by atoms with Gasteiger partial charge in [0.15, 0.2) is 0 Å². The van der Waals surface area contributed by atoms with Crippen LogP contribution in [0.3, 0.4) is 0 Å². The van der Waals surface area contributed by atoms with Gasteiger partial charge in [0.25, 0.3) is 0 Å². The summed E-state index contributed by atoms with van der Waals surface area (Å²) < 4.78 is 0. The average Bonchev–Trinajstić information content (AvgIpc) is 2.20. The van der Waals surface area contributed by atoms with Gasteiger partial charge in [-0.2, -0.15) is 0 Å². The number of aryl methyl sites for hydroxylation is 1. The molecule has 0 aliphatic carbocycles. The molecule has 17 heavy (non-hydrogen) atoms. The van der Waals surface area contributed by atoms with Crippen molar-refractivity contribution in [1.29, 1.82) is 0 Å². The lowest BCUT2D eigenvalue weighted by Gasteiger charge is -2.23. The van der Waals surface area contributed by atoms with Gasteiger partial charge in [0, 0.05) is 12.1 Å². The number of amides is 1. The van der Waals surface area contributed by atoms with E-state index in [0.717, 1.165) is 18.5 Å². The van der Waals surface area contributed by atoms with Gasteiger partial charge in [0.05, 0.1) is 0 Å². The number of carbonyl (C=O) groups is 1. The highest BCUT2D eigenvalue weighted by Gasteiger charge is 2.20. The van der Waals surface area contributed by atoms with E-state index in [4.69, 9.17) is 0 Å². The van der Waals surface area contributed by atoms with Crippen LogP contribution in [0.5, 0.6) is 0 Å². The number of anilines is 1. The summed E-state index contributed by atoms with van der Waals surface area (Å²) in [6.07, 6.45) is 2.77. The first-order chi connectivity index (χ1) is 7.93. The maximum Gasteiger partial charge on any atom is 0.224 e. The summed E-state index contributed by atoms with van der Waals surface area (Å²) in [4.78, 5) is 11.9. The Balaban J connectivity index is 2.52. The maximum atomic E-state index is 11.9. The van der Waals surface area contributed by atoms with Crippen LogP contribution in [0, 0.1) is 12.3 Å². The minimum Gasteiger partial charge on any atom is -0.326 e. The lowest BCUT2D eigenvalue weighted by molar-refractivity contribution is -0.118. The number of hydrogen-bond acceptors (Lipinski definition) is 1. The fourth-order valence-electron chi connectivity index (χ4n) is 2.04. The third-order valence-electron chi connectivity index (χ3n) is 2.90. The van der Waals surface area contributed by atoms with Gasteiger partial charge in [-0.1, -0.05) is 44.9 Å². The van der Waals surface area contributed by atoms with Gasteiger partial charge < -0.3 is 5.32 Å². The van der Waals surface area contributed by atoms with E-state index in [2.05, 4.69) is 26.1 Å². The second-order valence-corrected chi connectivity index (χ2v) is 5.51. The Labute approximate surface area is 104 Å². The minimum atomic E-state index is 0.0868. The first kappa shape index (κ1) is 13.8. The summed E-state index contributed by atoms with van der Waals surface area (Å²) in [7, 11) is 0. The van der Waals surface area contributed by atoms with E-state index >= 15 is 0 Å². The molecular weight excluding hydrogens is 210 g/mol. The normalized spacial score (nSPS) is 11.3. The van der Waals surface area contributed by atoms with E-state index < -0.39 is 0 Å². The summed E-state index contributed by atoms with van der Waals surface area (Å²) in [6, 6.07) is 7.90. The standard InChI is InChI=1S/C15H23NO/c1-5-10-15(3,4)11-14(17)16-13-8-6-12(2)7-9-13/h6-9H,5,10-11H2,1-4H3,(H,16,17). The molecule has 2 heteroatoms. The lowest BCUT2D eigenvalue weighted by Crippen LogP contribution is -2.22. The van der Waals surface area contributed by atoms with Crippen LogP contribution in [0.25, 0.3) is 0 Å². The van der Waals surface area contributed by atoms with Crippen molar-refractivity contribution in [2.24, 2.45) is 5.41 Å². The zero-order chi connectivity index (χ0) is 12.9. The fraction of sp³-hybridized carbons (Fsp3) is 0.533. The predicted octanol–water partition coefficient (Wildman–Crippen LogP) is 4.15. The maximum absolute atomic E-state index is 11.9. The third-order valence-corrected chi connectivity index (χ3v) is 2.90. The number of carbonyl (C=O) groups excluding carboxylic acids is 1. The quantitative estimate of drug-likeness (QED) is 0.813. The SMILES string of the molecule is CCCC(C)(C)CC(=O)Nc1ccc(C)cc1. The van der Waals surface area contributed by atoms with Crippen molar-refractivity contribution < 1.29 is 4.79 Å². The molecular formula is C15H23NO. The topological polar surface area (TPSA) is 29.1 Å². The monoisotopic (exact) mass is 233 g/mol. The van der Waals surface area contributed by atoms with Crippen molar-refractivity contribution in [2.75, 3.05) is 5.32 Å². The van der Waals surface area contributed by atoms with Gasteiger partial charge >= 0.3 is 0 Å². The molecule has 0 saturated heterocycles. The summed E-state index contributed by atoms with van der Waals surface area (Å²) in [5.41, 5.74) is 2.17. The van der Waals surface area contributed by atoms with Crippen molar-refractivity contribution in [1.82, 2.24) is 0 Å². The molecule has 0 aliphatic heterocycles. The second kappa shape index (κ2) is 5.85. The molecule has 94 valence electrons. The number of benzene rings is 1. The van der Waals surface area contributed by atoms with Gasteiger partial charge in [-0.25, -0.2) is 0 Å². The summed E-state index contributed by atoms with van der Waals surface area (Å²) in [5, 5.41) is 2.94. The number of hydrogen-bond donors (Lipinski definition) is 1. The van der Waals surface area contributed by atoms with E-state index in [1.165, 1.54) is 5.56 Å². The largest absolute Gasteiger partial charge is 0.326 e. The van der Waals surface area contributed by atoms with Crippen LogP contribution in [0.2, 0.25) is 0 Å². The highest BCUT2D eigenvalue weighted by atomic mass is 16.1. The Morgan fingerprint density at radius 3 is 2.35 bits per heavy atom. The molecule has 0 aliphatic rings. The number of rotatable bonds is 5. The van der Waals surface area contributed by atoms with Gasteiger partial charge in [-0.15, -0.1) is 0 Å². The van der Waals surface area contributed by atoms with Crippen LogP contribution >= 0.6 is 0 Å². The summed E-state index contributed by atoms with van der Waals surface area (Å²) in [6.45, 7) is 8.48. The van der Waals surface area contributed by atoms with Gasteiger partial charge in [0.2, 0.25) is 5.91 Å².